The van der Waals surface area contributed by atoms with Gasteiger partial charge in [0.15, 0.2) is 0 Å². The first-order chi connectivity index (χ1) is 14.1. The van der Waals surface area contributed by atoms with Gasteiger partial charge in [-0.05, 0) is 47.0 Å². The molecule has 0 aliphatic carbocycles. The van der Waals surface area contributed by atoms with E-state index in [4.69, 9.17) is 4.74 Å². The Hall–Kier alpha value is -2.70. The predicted molar refractivity (Wildman–Crippen MR) is 114 cm³/mol. The Morgan fingerprint density at radius 3 is 2.48 bits per heavy atom. The van der Waals surface area contributed by atoms with Crippen molar-refractivity contribution in [2.75, 3.05) is 19.0 Å². The van der Waals surface area contributed by atoms with Crippen molar-refractivity contribution in [1.29, 1.82) is 0 Å². The van der Waals surface area contributed by atoms with Gasteiger partial charge in [-0.2, -0.15) is 0 Å². The Bertz CT molecular complexity index is 1010. The molecule has 6 heteroatoms. The van der Waals surface area contributed by atoms with Crippen LogP contribution < -0.4 is 5.32 Å². The summed E-state index contributed by atoms with van der Waals surface area (Å²) in [5.41, 5.74) is 3.94. The molecular formula is C23H20BrFN2O2. The summed E-state index contributed by atoms with van der Waals surface area (Å²) in [6, 6.07) is 22.2. The number of hydrogen-bond donors (Lipinski definition) is 1. The van der Waals surface area contributed by atoms with Gasteiger partial charge in [0.2, 0.25) is 0 Å². The lowest BCUT2D eigenvalue weighted by Crippen LogP contribution is -2.44. The number of rotatable bonds is 4. The first kappa shape index (κ1) is 19.6. The van der Waals surface area contributed by atoms with Gasteiger partial charge in [0.25, 0.3) is 0 Å². The van der Waals surface area contributed by atoms with Crippen LogP contribution >= 0.6 is 15.9 Å². The van der Waals surface area contributed by atoms with Crippen molar-refractivity contribution in [1.82, 2.24) is 4.90 Å². The van der Waals surface area contributed by atoms with Crippen LogP contribution in [0.3, 0.4) is 0 Å². The van der Waals surface area contributed by atoms with Crippen LogP contribution in [-0.4, -0.2) is 24.5 Å². The third-order valence-corrected chi connectivity index (χ3v) is 5.60. The van der Waals surface area contributed by atoms with Crippen LogP contribution in [0.2, 0.25) is 0 Å². The molecule has 0 aromatic heterocycles. The largest absolute Gasteiger partial charge is 0.468 e. The van der Waals surface area contributed by atoms with Crippen LogP contribution in [0.4, 0.5) is 10.1 Å². The number of fused-ring (bicyclic) bond motifs is 1. The average Bonchev–Trinajstić information content (AvgIpc) is 2.74. The van der Waals surface area contributed by atoms with Crippen LogP contribution in [-0.2, 0) is 9.53 Å². The number of methoxy groups -OCH3 is 1. The summed E-state index contributed by atoms with van der Waals surface area (Å²) in [6.07, 6.45) is -0.325. The zero-order chi connectivity index (χ0) is 20.4. The molecule has 1 aliphatic heterocycles. The fraction of sp³-hybridized carbons (Fsp3) is 0.174. The first-order valence-corrected chi connectivity index (χ1v) is 10.0. The van der Waals surface area contributed by atoms with Gasteiger partial charge in [0, 0.05) is 10.2 Å². The number of hydrogen-bond acceptors (Lipinski definition) is 4. The molecule has 0 bridgehead atoms. The molecular weight excluding hydrogens is 435 g/mol. The second-order valence-corrected chi connectivity index (χ2v) is 7.81. The van der Waals surface area contributed by atoms with Crippen LogP contribution in [0.15, 0.2) is 77.3 Å². The monoisotopic (exact) mass is 454 g/mol. The van der Waals surface area contributed by atoms with E-state index in [9.17, 15) is 9.18 Å². The summed E-state index contributed by atoms with van der Waals surface area (Å²) in [4.78, 5) is 14.4. The Labute approximate surface area is 177 Å². The van der Waals surface area contributed by atoms with Crippen molar-refractivity contribution in [2.45, 2.75) is 12.2 Å². The van der Waals surface area contributed by atoms with Gasteiger partial charge in [-0.25, -0.2) is 4.39 Å². The van der Waals surface area contributed by atoms with Gasteiger partial charge < -0.3 is 10.1 Å². The molecule has 0 spiro atoms. The molecule has 29 heavy (non-hydrogen) atoms. The molecule has 1 aliphatic rings. The molecule has 148 valence electrons. The first-order valence-electron chi connectivity index (χ1n) is 9.26. The predicted octanol–water partition coefficient (Wildman–Crippen LogP) is 5.28. The molecule has 4 rings (SSSR count). The van der Waals surface area contributed by atoms with Crippen molar-refractivity contribution in [3.8, 4) is 0 Å². The van der Waals surface area contributed by atoms with Crippen LogP contribution in [0.5, 0.6) is 0 Å². The van der Waals surface area contributed by atoms with Gasteiger partial charge in [0.1, 0.15) is 12.0 Å². The number of halogens is 2. The Morgan fingerprint density at radius 1 is 1.07 bits per heavy atom. The maximum Gasteiger partial charge on any atom is 0.319 e. The van der Waals surface area contributed by atoms with Crippen molar-refractivity contribution in [2.24, 2.45) is 0 Å². The van der Waals surface area contributed by atoms with Gasteiger partial charge >= 0.3 is 5.97 Å². The molecule has 3 aromatic carbocycles. The number of benzene rings is 3. The molecule has 0 unspecified atom stereocenters. The summed E-state index contributed by atoms with van der Waals surface area (Å²) in [6.45, 7) is 0.0804. The SMILES string of the molecule is COC(=O)CN1[C@@H](c2ccccc2)c2cc(Br)ccc2N[C@H]1c1ccc(F)cc1. The maximum absolute atomic E-state index is 13.5. The molecule has 3 aromatic rings. The van der Waals surface area contributed by atoms with Crippen LogP contribution in [0.25, 0.3) is 0 Å². The minimum Gasteiger partial charge on any atom is -0.468 e. The van der Waals surface area contributed by atoms with Crippen LogP contribution in [0.1, 0.15) is 28.9 Å². The van der Waals surface area contributed by atoms with Gasteiger partial charge in [-0.15, -0.1) is 0 Å². The van der Waals surface area contributed by atoms with Crippen molar-refractivity contribution < 1.29 is 13.9 Å². The molecule has 1 N–H and O–H groups in total. The van der Waals surface area contributed by atoms with Crippen molar-refractivity contribution in [3.05, 3.63) is 99.8 Å². The highest BCUT2D eigenvalue weighted by molar-refractivity contribution is 9.10. The van der Waals surface area contributed by atoms with Crippen molar-refractivity contribution >= 4 is 27.6 Å². The summed E-state index contributed by atoms with van der Waals surface area (Å²) < 4.78 is 19.5. The number of anilines is 1. The molecule has 0 fully saturated rings. The minimum atomic E-state index is -0.335. The summed E-state index contributed by atoms with van der Waals surface area (Å²) in [5.74, 6) is -0.633. The van der Waals surface area contributed by atoms with Crippen molar-refractivity contribution in [3.63, 3.8) is 0 Å². The molecule has 1 heterocycles. The highest BCUT2D eigenvalue weighted by atomic mass is 79.9. The highest BCUT2D eigenvalue weighted by Crippen LogP contribution is 2.44. The van der Waals surface area contributed by atoms with E-state index >= 15 is 0 Å². The van der Waals surface area contributed by atoms with E-state index in [-0.39, 0.29) is 30.5 Å². The second-order valence-electron chi connectivity index (χ2n) is 6.89. The zero-order valence-electron chi connectivity index (χ0n) is 15.8. The number of nitrogens with one attached hydrogen (secondary N) is 1. The standard InChI is InChI=1S/C23H20BrFN2O2/c1-29-21(28)14-27-22(15-5-3-2-4-6-15)19-13-17(24)9-12-20(19)26-23(27)16-7-10-18(25)11-8-16/h2-13,22-23,26H,14H2,1H3/t22-,23+/m0/s1. The van der Waals surface area contributed by atoms with Crippen LogP contribution in [0, 0.1) is 5.82 Å². The molecule has 0 radical (unpaired) electrons. The van der Waals surface area contributed by atoms with E-state index in [0.29, 0.717) is 0 Å². The normalized spacial score (nSPS) is 18.6. The number of ether oxygens (including phenoxy) is 1. The molecule has 0 amide bonds. The number of carbonyl (C=O) groups is 1. The fourth-order valence-corrected chi connectivity index (χ4v) is 4.15. The minimum absolute atomic E-state index is 0.0804. The lowest BCUT2D eigenvalue weighted by molar-refractivity contribution is -0.143. The average molecular weight is 455 g/mol. The third-order valence-electron chi connectivity index (χ3n) is 5.10. The Kier molecular flexibility index (Phi) is 5.65. The highest BCUT2D eigenvalue weighted by Gasteiger charge is 2.37. The lowest BCUT2D eigenvalue weighted by Gasteiger charge is -2.44. The summed E-state index contributed by atoms with van der Waals surface area (Å²) in [7, 11) is 1.38. The molecule has 2 atom stereocenters. The van der Waals surface area contributed by atoms with E-state index in [1.165, 1.54) is 19.2 Å². The Balaban J connectivity index is 1.88. The number of carbonyl (C=O) groups excluding carboxylic acids is 1. The molecule has 0 saturated carbocycles. The topological polar surface area (TPSA) is 41.6 Å². The summed E-state index contributed by atoms with van der Waals surface area (Å²) >= 11 is 3.56. The zero-order valence-corrected chi connectivity index (χ0v) is 17.4. The number of nitrogens with zero attached hydrogens (tertiary/aromatic N) is 1. The molecule has 4 nitrogen and oxygen atoms in total. The molecule has 0 saturated heterocycles. The number of esters is 1. The van der Waals surface area contributed by atoms with E-state index in [0.717, 1.165) is 26.9 Å². The quantitative estimate of drug-likeness (QED) is 0.544. The lowest BCUT2D eigenvalue weighted by atomic mass is 9.91. The van der Waals surface area contributed by atoms with Gasteiger partial charge in [0.05, 0.1) is 19.7 Å². The van der Waals surface area contributed by atoms with Gasteiger partial charge in [-0.1, -0.05) is 58.4 Å². The third kappa shape index (κ3) is 4.04. The summed E-state index contributed by atoms with van der Waals surface area (Å²) in [5, 5.41) is 3.51. The van der Waals surface area contributed by atoms with E-state index in [2.05, 4.69) is 27.3 Å². The van der Waals surface area contributed by atoms with E-state index < -0.39 is 0 Å². The Morgan fingerprint density at radius 2 is 1.79 bits per heavy atom. The van der Waals surface area contributed by atoms with E-state index in [1.807, 2.05) is 47.4 Å². The van der Waals surface area contributed by atoms with Gasteiger partial charge in [-0.3, -0.25) is 9.69 Å². The second kappa shape index (κ2) is 8.35. The van der Waals surface area contributed by atoms with E-state index in [1.54, 1.807) is 12.1 Å². The maximum atomic E-state index is 13.5. The smallest absolute Gasteiger partial charge is 0.319 e. The fourth-order valence-electron chi connectivity index (χ4n) is 3.77.